The fourth-order valence-electron chi connectivity index (χ4n) is 1.15. The van der Waals surface area contributed by atoms with Crippen LogP contribution in [-0.4, -0.2) is 10.9 Å². The average molecular weight is 190 g/mol. The first-order valence-corrected chi connectivity index (χ1v) is 4.43. The third-order valence-electron chi connectivity index (χ3n) is 2.10. The summed E-state index contributed by atoms with van der Waals surface area (Å²) < 4.78 is 25.4. The zero-order chi connectivity index (χ0) is 8.98. The second-order valence-corrected chi connectivity index (χ2v) is 4.17. The zero-order valence-corrected chi connectivity index (χ0v) is 7.29. The van der Waals surface area contributed by atoms with Gasteiger partial charge in [-0.3, -0.25) is 0 Å². The van der Waals surface area contributed by atoms with Crippen molar-refractivity contribution in [1.82, 2.24) is 4.98 Å². The maximum absolute atomic E-state index is 12.7. The monoisotopic (exact) mass is 190 g/mol. The highest BCUT2D eigenvalue weighted by atomic mass is 32.1. The van der Waals surface area contributed by atoms with Gasteiger partial charge in [0.05, 0.1) is 10.7 Å². The van der Waals surface area contributed by atoms with Crippen molar-refractivity contribution in [3.05, 3.63) is 16.1 Å². The third kappa shape index (κ3) is 0.895. The van der Waals surface area contributed by atoms with E-state index in [1.807, 2.05) is 0 Å². The molecular formula is C7H8F2N2S. The first-order valence-electron chi connectivity index (χ1n) is 3.55. The predicted octanol–water partition coefficient (Wildman–Crippen LogP) is 1.64. The Balaban J connectivity index is 2.34. The minimum Gasteiger partial charge on any atom is -0.315 e. The van der Waals surface area contributed by atoms with E-state index in [9.17, 15) is 8.78 Å². The highest BCUT2D eigenvalue weighted by Gasteiger charge is 2.71. The molecule has 0 aromatic carbocycles. The number of aryl methyl sites for hydroxylation is 1. The lowest BCUT2D eigenvalue weighted by molar-refractivity contribution is 0.0882. The molecule has 1 aromatic rings. The number of aromatic nitrogens is 1. The number of nitrogens with two attached hydrogens (primary N) is 1. The largest absolute Gasteiger partial charge is 0.315 e. The summed E-state index contributed by atoms with van der Waals surface area (Å²) in [6, 6.07) is 0. The van der Waals surface area contributed by atoms with Gasteiger partial charge < -0.3 is 5.73 Å². The lowest BCUT2D eigenvalue weighted by Crippen LogP contribution is -2.27. The first-order chi connectivity index (χ1) is 5.46. The van der Waals surface area contributed by atoms with Crippen molar-refractivity contribution in [3.8, 4) is 0 Å². The number of hydrogen-bond donors (Lipinski definition) is 1. The fraction of sp³-hybridized carbons (Fsp3) is 0.571. The molecule has 5 heteroatoms. The van der Waals surface area contributed by atoms with Gasteiger partial charge in [0, 0.05) is 11.8 Å². The van der Waals surface area contributed by atoms with Crippen molar-refractivity contribution in [2.75, 3.05) is 0 Å². The summed E-state index contributed by atoms with van der Waals surface area (Å²) in [5.41, 5.74) is 4.31. The average Bonchev–Trinajstić information content (AvgIpc) is 2.37. The third-order valence-corrected chi connectivity index (χ3v) is 2.88. The van der Waals surface area contributed by atoms with E-state index in [4.69, 9.17) is 5.73 Å². The zero-order valence-electron chi connectivity index (χ0n) is 6.47. The highest BCUT2D eigenvalue weighted by molar-refractivity contribution is 7.09. The van der Waals surface area contributed by atoms with Crippen LogP contribution in [0.2, 0.25) is 0 Å². The second kappa shape index (κ2) is 2.03. The van der Waals surface area contributed by atoms with Crippen LogP contribution in [0.1, 0.15) is 17.1 Å². The Morgan fingerprint density at radius 1 is 1.67 bits per heavy atom. The Morgan fingerprint density at radius 2 is 2.25 bits per heavy atom. The number of alkyl halides is 2. The standard InChI is InChI=1S/C7H8F2N2S/c1-4-11-5(2-12-4)6(10)3-7(6,8)9/h2H,3,10H2,1H3. The molecule has 0 saturated heterocycles. The van der Waals surface area contributed by atoms with Gasteiger partial charge in [-0.05, 0) is 6.92 Å². The number of thiazole rings is 1. The summed E-state index contributed by atoms with van der Waals surface area (Å²) in [4.78, 5) is 3.95. The van der Waals surface area contributed by atoms with Gasteiger partial charge in [0.25, 0.3) is 5.92 Å². The smallest absolute Gasteiger partial charge is 0.273 e. The van der Waals surface area contributed by atoms with E-state index in [0.29, 0.717) is 5.69 Å². The molecule has 1 aliphatic carbocycles. The van der Waals surface area contributed by atoms with Crippen LogP contribution < -0.4 is 5.73 Å². The van der Waals surface area contributed by atoms with Gasteiger partial charge in [-0.2, -0.15) is 0 Å². The van der Waals surface area contributed by atoms with Crippen molar-refractivity contribution < 1.29 is 8.78 Å². The number of nitrogens with zero attached hydrogens (tertiary/aromatic N) is 1. The molecule has 12 heavy (non-hydrogen) atoms. The van der Waals surface area contributed by atoms with E-state index >= 15 is 0 Å². The Hall–Kier alpha value is -0.550. The second-order valence-electron chi connectivity index (χ2n) is 3.10. The van der Waals surface area contributed by atoms with Crippen molar-refractivity contribution in [2.24, 2.45) is 5.73 Å². The molecule has 0 aliphatic heterocycles. The summed E-state index contributed by atoms with van der Waals surface area (Å²) in [7, 11) is 0. The lowest BCUT2D eigenvalue weighted by atomic mass is 10.2. The molecule has 1 atom stereocenters. The summed E-state index contributed by atoms with van der Waals surface area (Å²) in [5.74, 6) is -2.76. The van der Waals surface area contributed by atoms with E-state index in [1.54, 1.807) is 12.3 Å². The molecule has 0 spiro atoms. The Morgan fingerprint density at radius 3 is 2.58 bits per heavy atom. The van der Waals surface area contributed by atoms with Crippen LogP contribution in [0.5, 0.6) is 0 Å². The van der Waals surface area contributed by atoms with Crippen LogP contribution in [-0.2, 0) is 5.54 Å². The van der Waals surface area contributed by atoms with Crippen LogP contribution in [0.4, 0.5) is 8.78 Å². The number of halogens is 2. The molecule has 2 N–H and O–H groups in total. The summed E-state index contributed by atoms with van der Waals surface area (Å²) in [5, 5.41) is 2.38. The Kier molecular flexibility index (Phi) is 1.36. The molecule has 1 unspecified atom stereocenters. The maximum Gasteiger partial charge on any atom is 0.273 e. The molecule has 1 aliphatic rings. The molecule has 1 saturated carbocycles. The van der Waals surface area contributed by atoms with Crippen LogP contribution in [0, 0.1) is 6.92 Å². The van der Waals surface area contributed by atoms with E-state index in [2.05, 4.69) is 4.98 Å². The molecule has 2 rings (SSSR count). The van der Waals surface area contributed by atoms with E-state index < -0.39 is 11.5 Å². The number of hydrogen-bond acceptors (Lipinski definition) is 3. The van der Waals surface area contributed by atoms with Crippen LogP contribution in [0.25, 0.3) is 0 Å². The molecule has 0 bridgehead atoms. The summed E-state index contributed by atoms with van der Waals surface area (Å²) in [6.07, 6.45) is -0.275. The molecule has 1 heterocycles. The highest BCUT2D eigenvalue weighted by Crippen LogP contribution is 2.57. The van der Waals surface area contributed by atoms with Crippen molar-refractivity contribution in [3.63, 3.8) is 0 Å². The quantitative estimate of drug-likeness (QED) is 0.731. The molecule has 0 radical (unpaired) electrons. The molecular weight excluding hydrogens is 182 g/mol. The van der Waals surface area contributed by atoms with E-state index in [-0.39, 0.29) is 6.42 Å². The fourth-order valence-corrected chi connectivity index (χ4v) is 1.85. The van der Waals surface area contributed by atoms with Crippen LogP contribution in [0.3, 0.4) is 0 Å². The molecule has 2 nitrogen and oxygen atoms in total. The van der Waals surface area contributed by atoms with Gasteiger partial charge in [0.2, 0.25) is 0 Å². The van der Waals surface area contributed by atoms with E-state index in [1.165, 1.54) is 11.3 Å². The summed E-state index contributed by atoms with van der Waals surface area (Å²) in [6.45, 7) is 1.78. The van der Waals surface area contributed by atoms with Gasteiger partial charge in [0.15, 0.2) is 0 Å². The normalized spacial score (nSPS) is 32.0. The van der Waals surface area contributed by atoms with Gasteiger partial charge in [-0.15, -0.1) is 11.3 Å². The maximum atomic E-state index is 12.7. The predicted molar refractivity (Wildman–Crippen MR) is 42.3 cm³/mol. The molecule has 66 valence electrons. The van der Waals surface area contributed by atoms with Gasteiger partial charge in [-0.25, -0.2) is 13.8 Å². The van der Waals surface area contributed by atoms with Crippen molar-refractivity contribution in [1.29, 1.82) is 0 Å². The SMILES string of the molecule is Cc1nc(C2(N)CC2(F)F)cs1. The van der Waals surface area contributed by atoms with Crippen LogP contribution >= 0.6 is 11.3 Å². The summed E-state index contributed by atoms with van der Waals surface area (Å²) >= 11 is 1.35. The van der Waals surface area contributed by atoms with Crippen molar-refractivity contribution >= 4 is 11.3 Å². The topological polar surface area (TPSA) is 38.9 Å². The molecule has 1 fully saturated rings. The minimum absolute atomic E-state index is 0.275. The lowest BCUT2D eigenvalue weighted by Gasteiger charge is -2.05. The number of rotatable bonds is 1. The Labute approximate surface area is 72.4 Å². The van der Waals surface area contributed by atoms with Gasteiger partial charge in [0.1, 0.15) is 5.54 Å². The molecule has 0 amide bonds. The van der Waals surface area contributed by atoms with Crippen LogP contribution in [0.15, 0.2) is 5.38 Å². The molecule has 1 aromatic heterocycles. The van der Waals surface area contributed by atoms with E-state index in [0.717, 1.165) is 5.01 Å². The van der Waals surface area contributed by atoms with Gasteiger partial charge in [-0.1, -0.05) is 0 Å². The van der Waals surface area contributed by atoms with Gasteiger partial charge >= 0.3 is 0 Å². The first kappa shape index (κ1) is 8.07. The van der Waals surface area contributed by atoms with Crippen molar-refractivity contribution in [2.45, 2.75) is 24.8 Å². The Bertz CT molecular complexity index is 323. The minimum atomic E-state index is -2.76.